The summed E-state index contributed by atoms with van der Waals surface area (Å²) in [5, 5.41) is 0. The zero-order valence-electron chi connectivity index (χ0n) is 10.6. The summed E-state index contributed by atoms with van der Waals surface area (Å²) >= 11 is 0. The second-order valence-electron chi connectivity index (χ2n) is 4.66. The fraction of sp³-hybridized carbons (Fsp3) is 0.250. The van der Waals surface area contributed by atoms with Gasteiger partial charge in [-0.05, 0) is 43.2 Å². The summed E-state index contributed by atoms with van der Waals surface area (Å²) in [4.78, 5) is 2.34. The van der Waals surface area contributed by atoms with E-state index in [9.17, 15) is 0 Å². The van der Waals surface area contributed by atoms with Gasteiger partial charge < -0.3 is 9.64 Å². The molecule has 0 aromatic heterocycles. The van der Waals surface area contributed by atoms with Crippen molar-refractivity contribution < 1.29 is 4.74 Å². The number of para-hydroxylation sites is 1. The van der Waals surface area contributed by atoms with Gasteiger partial charge in [0.2, 0.25) is 0 Å². The van der Waals surface area contributed by atoms with E-state index in [-0.39, 0.29) is 0 Å². The molecular weight excluding hydrogens is 222 g/mol. The third kappa shape index (κ3) is 2.06. The largest absolute Gasteiger partial charge is 0.491 e. The summed E-state index contributed by atoms with van der Waals surface area (Å²) in [6, 6.07) is 16.9. The first kappa shape index (κ1) is 11.1. The summed E-state index contributed by atoms with van der Waals surface area (Å²) in [7, 11) is 0. The number of hydrogen-bond acceptors (Lipinski definition) is 2. The first-order valence-electron chi connectivity index (χ1n) is 6.40. The number of nitrogens with zero attached hydrogens (tertiary/aromatic N) is 1. The Morgan fingerprint density at radius 2 is 1.89 bits per heavy atom. The van der Waals surface area contributed by atoms with Crippen molar-refractivity contribution in [2.75, 3.05) is 18.1 Å². The fourth-order valence-electron chi connectivity index (χ4n) is 2.36. The number of benzene rings is 2. The molecule has 0 N–H and O–H groups in total. The number of aryl methyl sites for hydroxylation is 1. The van der Waals surface area contributed by atoms with Gasteiger partial charge in [-0.1, -0.05) is 24.3 Å². The topological polar surface area (TPSA) is 12.5 Å². The molecule has 3 rings (SSSR count). The third-order valence-electron chi connectivity index (χ3n) is 3.26. The Labute approximate surface area is 108 Å². The van der Waals surface area contributed by atoms with Gasteiger partial charge in [-0.15, -0.1) is 0 Å². The van der Waals surface area contributed by atoms with Gasteiger partial charge in [-0.25, -0.2) is 0 Å². The predicted octanol–water partition coefficient (Wildman–Crippen LogP) is 3.92. The molecule has 2 nitrogen and oxygen atoms in total. The van der Waals surface area contributed by atoms with Crippen LogP contribution in [0, 0.1) is 6.92 Å². The SMILES string of the molecule is Cc1ccc2c(c1)OCCCN2c1ccccc1. The van der Waals surface area contributed by atoms with Crippen LogP contribution < -0.4 is 9.64 Å². The van der Waals surface area contributed by atoms with Crippen molar-refractivity contribution in [1.29, 1.82) is 0 Å². The number of hydrogen-bond donors (Lipinski definition) is 0. The quantitative estimate of drug-likeness (QED) is 0.748. The van der Waals surface area contributed by atoms with Crippen molar-refractivity contribution in [3.63, 3.8) is 0 Å². The molecule has 18 heavy (non-hydrogen) atoms. The highest BCUT2D eigenvalue weighted by Gasteiger charge is 2.17. The first-order valence-corrected chi connectivity index (χ1v) is 6.40. The molecular formula is C16H17NO. The van der Waals surface area contributed by atoms with E-state index in [4.69, 9.17) is 4.74 Å². The van der Waals surface area contributed by atoms with Crippen molar-refractivity contribution in [2.24, 2.45) is 0 Å². The lowest BCUT2D eigenvalue weighted by Gasteiger charge is -2.24. The van der Waals surface area contributed by atoms with E-state index in [2.05, 4.69) is 54.3 Å². The maximum Gasteiger partial charge on any atom is 0.143 e. The fourth-order valence-corrected chi connectivity index (χ4v) is 2.36. The van der Waals surface area contributed by atoms with Crippen molar-refractivity contribution in [3.05, 3.63) is 54.1 Å². The molecule has 0 atom stereocenters. The van der Waals surface area contributed by atoms with Gasteiger partial charge in [0.05, 0.1) is 12.3 Å². The highest BCUT2D eigenvalue weighted by atomic mass is 16.5. The van der Waals surface area contributed by atoms with Gasteiger partial charge in [-0.2, -0.15) is 0 Å². The lowest BCUT2D eigenvalue weighted by atomic mass is 10.1. The predicted molar refractivity (Wildman–Crippen MR) is 74.7 cm³/mol. The van der Waals surface area contributed by atoms with Crippen LogP contribution in [-0.2, 0) is 0 Å². The summed E-state index contributed by atoms with van der Waals surface area (Å²) < 4.78 is 5.84. The maximum absolute atomic E-state index is 5.84. The second-order valence-corrected chi connectivity index (χ2v) is 4.66. The lowest BCUT2D eigenvalue weighted by molar-refractivity contribution is 0.322. The molecule has 0 bridgehead atoms. The van der Waals surface area contributed by atoms with Gasteiger partial charge in [-0.3, -0.25) is 0 Å². The Hall–Kier alpha value is -1.96. The average molecular weight is 239 g/mol. The van der Waals surface area contributed by atoms with Crippen LogP contribution in [0.3, 0.4) is 0 Å². The van der Waals surface area contributed by atoms with Gasteiger partial charge in [0.1, 0.15) is 5.75 Å². The molecule has 0 fully saturated rings. The van der Waals surface area contributed by atoms with Crippen LogP contribution in [0.2, 0.25) is 0 Å². The Balaban J connectivity index is 2.07. The molecule has 0 aliphatic carbocycles. The van der Waals surface area contributed by atoms with E-state index in [1.54, 1.807) is 0 Å². The van der Waals surface area contributed by atoms with Crippen molar-refractivity contribution in [2.45, 2.75) is 13.3 Å². The molecule has 1 aliphatic rings. The Kier molecular flexibility index (Phi) is 2.93. The van der Waals surface area contributed by atoms with Crippen LogP contribution in [0.25, 0.3) is 0 Å². The molecule has 0 saturated carbocycles. The number of rotatable bonds is 1. The molecule has 92 valence electrons. The molecule has 0 amide bonds. The molecule has 2 heteroatoms. The molecule has 2 aromatic rings. The molecule has 0 unspecified atom stereocenters. The monoisotopic (exact) mass is 239 g/mol. The smallest absolute Gasteiger partial charge is 0.143 e. The van der Waals surface area contributed by atoms with E-state index in [1.165, 1.54) is 16.9 Å². The minimum absolute atomic E-state index is 0.791. The summed E-state index contributed by atoms with van der Waals surface area (Å²) in [6.07, 6.45) is 1.04. The van der Waals surface area contributed by atoms with E-state index < -0.39 is 0 Å². The van der Waals surface area contributed by atoms with E-state index in [1.807, 2.05) is 6.07 Å². The maximum atomic E-state index is 5.84. The Morgan fingerprint density at radius 1 is 1.06 bits per heavy atom. The van der Waals surface area contributed by atoms with Crippen molar-refractivity contribution >= 4 is 11.4 Å². The van der Waals surface area contributed by atoms with E-state index in [0.717, 1.165) is 25.3 Å². The summed E-state index contributed by atoms with van der Waals surface area (Å²) in [5.41, 5.74) is 3.64. The molecule has 1 heterocycles. The first-order chi connectivity index (χ1) is 8.84. The van der Waals surface area contributed by atoms with Crippen molar-refractivity contribution in [3.8, 4) is 5.75 Å². The minimum atomic E-state index is 0.791. The molecule has 0 saturated heterocycles. The average Bonchev–Trinajstić information content (AvgIpc) is 2.61. The number of ether oxygens (including phenoxy) is 1. The molecule has 0 spiro atoms. The molecule has 2 aromatic carbocycles. The zero-order valence-corrected chi connectivity index (χ0v) is 10.6. The number of anilines is 2. The standard InChI is InChI=1S/C16H17NO/c1-13-8-9-15-16(12-13)18-11-5-10-17(15)14-6-3-2-4-7-14/h2-4,6-9,12H,5,10-11H2,1H3. The van der Waals surface area contributed by atoms with Gasteiger partial charge >= 0.3 is 0 Å². The van der Waals surface area contributed by atoms with Gasteiger partial charge in [0, 0.05) is 12.2 Å². The second kappa shape index (κ2) is 4.73. The normalized spacial score (nSPS) is 14.6. The van der Waals surface area contributed by atoms with Crippen LogP contribution in [-0.4, -0.2) is 13.2 Å². The minimum Gasteiger partial charge on any atom is -0.491 e. The van der Waals surface area contributed by atoms with Crippen LogP contribution in [0.4, 0.5) is 11.4 Å². The van der Waals surface area contributed by atoms with Crippen LogP contribution >= 0.6 is 0 Å². The summed E-state index contributed by atoms with van der Waals surface area (Å²) in [5.74, 6) is 0.997. The number of fused-ring (bicyclic) bond motifs is 1. The van der Waals surface area contributed by atoms with E-state index >= 15 is 0 Å². The summed E-state index contributed by atoms with van der Waals surface area (Å²) in [6.45, 7) is 3.89. The third-order valence-corrected chi connectivity index (χ3v) is 3.26. The highest BCUT2D eigenvalue weighted by molar-refractivity contribution is 5.70. The van der Waals surface area contributed by atoms with Crippen LogP contribution in [0.5, 0.6) is 5.75 Å². The van der Waals surface area contributed by atoms with Gasteiger partial charge in [0.25, 0.3) is 0 Å². The van der Waals surface area contributed by atoms with E-state index in [0.29, 0.717) is 0 Å². The zero-order chi connectivity index (χ0) is 12.4. The molecule has 0 radical (unpaired) electrons. The molecule has 1 aliphatic heterocycles. The highest BCUT2D eigenvalue weighted by Crippen LogP contribution is 2.36. The van der Waals surface area contributed by atoms with Gasteiger partial charge in [0.15, 0.2) is 0 Å². The Bertz CT molecular complexity index is 536. The van der Waals surface area contributed by atoms with Crippen LogP contribution in [0.15, 0.2) is 48.5 Å². The van der Waals surface area contributed by atoms with Crippen LogP contribution in [0.1, 0.15) is 12.0 Å². The lowest BCUT2D eigenvalue weighted by Crippen LogP contribution is -2.17. The Morgan fingerprint density at radius 3 is 2.72 bits per heavy atom. The van der Waals surface area contributed by atoms with Crippen molar-refractivity contribution in [1.82, 2.24) is 0 Å².